The van der Waals surface area contributed by atoms with Gasteiger partial charge in [-0.25, -0.2) is 4.98 Å². The number of rotatable bonds is 3. The number of carbonyl (C=O) groups excluding carboxylic acids is 1. The molecule has 5 nitrogen and oxygen atoms in total. The predicted octanol–water partition coefficient (Wildman–Crippen LogP) is 0.0272. The Morgan fingerprint density at radius 3 is 3.00 bits per heavy atom. The van der Waals surface area contributed by atoms with Crippen LogP contribution in [0.2, 0.25) is 5.15 Å². The first-order valence-corrected chi connectivity index (χ1v) is 3.56. The molecule has 0 fully saturated rings. The number of hydrogen-bond donors (Lipinski definition) is 2. The minimum absolute atomic E-state index is 0.0228. The van der Waals surface area contributed by atoms with Crippen molar-refractivity contribution in [3.63, 3.8) is 0 Å². The summed E-state index contributed by atoms with van der Waals surface area (Å²) < 4.78 is 0. The molecule has 0 aromatic carbocycles. The average Bonchev–Trinajstić information content (AvgIpc) is 2.01. The molecule has 0 unspecified atom stereocenters. The molecule has 64 valence electrons. The molecule has 6 heteroatoms. The lowest BCUT2D eigenvalue weighted by molar-refractivity contribution is -0.116. The summed E-state index contributed by atoms with van der Waals surface area (Å²) in [5, 5.41) is 2.92. The molecule has 0 atom stereocenters. The number of amides is 1. The summed E-state index contributed by atoms with van der Waals surface area (Å²) in [7, 11) is 0. The van der Waals surface area contributed by atoms with Crippen molar-refractivity contribution in [2.75, 3.05) is 11.9 Å². The zero-order chi connectivity index (χ0) is 8.97. The average molecular weight is 187 g/mol. The van der Waals surface area contributed by atoms with Gasteiger partial charge in [-0.3, -0.25) is 9.78 Å². The van der Waals surface area contributed by atoms with Crippen molar-refractivity contribution >= 4 is 23.3 Å². The van der Waals surface area contributed by atoms with Gasteiger partial charge in [0.05, 0.1) is 18.9 Å². The van der Waals surface area contributed by atoms with Gasteiger partial charge in [0.15, 0.2) is 0 Å². The molecule has 0 aliphatic heterocycles. The van der Waals surface area contributed by atoms with Gasteiger partial charge in [-0.15, -0.1) is 0 Å². The Balaban J connectivity index is 2.57. The van der Waals surface area contributed by atoms with Crippen molar-refractivity contribution in [1.29, 1.82) is 0 Å². The summed E-state index contributed by atoms with van der Waals surface area (Å²) in [6, 6.07) is 0. The first kappa shape index (κ1) is 8.73. The van der Waals surface area contributed by atoms with Crippen molar-refractivity contribution in [3.05, 3.63) is 17.5 Å². The highest BCUT2D eigenvalue weighted by molar-refractivity contribution is 6.29. The van der Waals surface area contributed by atoms with Crippen LogP contribution < -0.4 is 11.1 Å². The molecule has 0 bridgehead atoms. The highest BCUT2D eigenvalue weighted by atomic mass is 35.5. The number of halogens is 1. The Labute approximate surface area is 74.0 Å². The van der Waals surface area contributed by atoms with E-state index in [4.69, 9.17) is 17.3 Å². The van der Waals surface area contributed by atoms with Gasteiger partial charge in [0, 0.05) is 0 Å². The number of anilines is 1. The lowest BCUT2D eigenvalue weighted by Gasteiger charge is -2.00. The second kappa shape index (κ2) is 3.87. The van der Waals surface area contributed by atoms with Gasteiger partial charge in [-0.1, -0.05) is 11.6 Å². The van der Waals surface area contributed by atoms with E-state index in [9.17, 15) is 4.79 Å². The van der Waals surface area contributed by atoms with E-state index in [1.807, 2.05) is 0 Å². The second-order valence-electron chi connectivity index (χ2n) is 2.05. The molecule has 0 saturated heterocycles. The van der Waals surface area contributed by atoms with E-state index in [-0.39, 0.29) is 11.7 Å². The number of aromatic nitrogens is 2. The smallest absolute Gasteiger partial charge is 0.236 e. The number of nitrogens with one attached hydrogen (secondary N) is 1. The third-order valence-electron chi connectivity index (χ3n) is 1.05. The maximum absolute atomic E-state index is 10.3. The molecule has 0 spiro atoms. The Hall–Kier alpha value is -1.36. The van der Waals surface area contributed by atoms with Gasteiger partial charge in [0.1, 0.15) is 11.0 Å². The van der Waals surface area contributed by atoms with Crippen LogP contribution in [0.3, 0.4) is 0 Å². The Morgan fingerprint density at radius 1 is 1.67 bits per heavy atom. The summed E-state index contributed by atoms with van der Waals surface area (Å²) in [5.41, 5.74) is 4.90. The molecular formula is C6H7ClN4O. The lowest BCUT2D eigenvalue weighted by Crippen LogP contribution is -2.22. The van der Waals surface area contributed by atoms with Crippen LogP contribution in [-0.4, -0.2) is 22.4 Å². The van der Waals surface area contributed by atoms with Gasteiger partial charge in [0.2, 0.25) is 5.91 Å². The van der Waals surface area contributed by atoms with Gasteiger partial charge >= 0.3 is 0 Å². The number of nitrogens with two attached hydrogens (primary N) is 1. The van der Waals surface area contributed by atoms with Crippen LogP contribution in [0, 0.1) is 0 Å². The summed E-state index contributed by atoms with van der Waals surface area (Å²) in [6.45, 7) is 0.0228. The van der Waals surface area contributed by atoms with Gasteiger partial charge in [-0.2, -0.15) is 0 Å². The molecule has 3 N–H and O–H groups in total. The van der Waals surface area contributed by atoms with E-state index in [2.05, 4.69) is 15.3 Å². The van der Waals surface area contributed by atoms with E-state index in [1.54, 1.807) is 0 Å². The summed E-state index contributed by atoms with van der Waals surface area (Å²) >= 11 is 5.53. The maximum Gasteiger partial charge on any atom is 0.236 e. The fraction of sp³-hybridized carbons (Fsp3) is 0.167. The molecule has 1 aromatic heterocycles. The van der Waals surface area contributed by atoms with Crippen LogP contribution in [0.25, 0.3) is 0 Å². The molecule has 1 rings (SSSR count). The minimum Gasteiger partial charge on any atom is -0.368 e. The Bertz CT molecular complexity index is 291. The van der Waals surface area contributed by atoms with Crippen molar-refractivity contribution in [2.24, 2.45) is 5.73 Å². The molecule has 1 amide bonds. The van der Waals surface area contributed by atoms with Crippen molar-refractivity contribution < 1.29 is 4.79 Å². The molecule has 0 saturated carbocycles. The topological polar surface area (TPSA) is 80.9 Å². The molecule has 0 radical (unpaired) electrons. The highest BCUT2D eigenvalue weighted by Gasteiger charge is 1.97. The maximum atomic E-state index is 10.3. The van der Waals surface area contributed by atoms with Crippen LogP contribution in [0.15, 0.2) is 12.4 Å². The molecule has 0 aliphatic rings. The van der Waals surface area contributed by atoms with Gasteiger partial charge in [-0.05, 0) is 0 Å². The third kappa shape index (κ3) is 2.71. The number of carbonyl (C=O) groups is 1. The van der Waals surface area contributed by atoms with E-state index >= 15 is 0 Å². The van der Waals surface area contributed by atoms with E-state index < -0.39 is 5.91 Å². The quantitative estimate of drug-likeness (QED) is 0.698. The summed E-state index contributed by atoms with van der Waals surface area (Å²) in [4.78, 5) is 17.9. The molecule has 12 heavy (non-hydrogen) atoms. The van der Waals surface area contributed by atoms with Crippen LogP contribution in [-0.2, 0) is 4.79 Å². The normalized spacial score (nSPS) is 9.42. The third-order valence-corrected chi connectivity index (χ3v) is 1.23. The molecule has 1 aromatic rings. The van der Waals surface area contributed by atoms with Crippen LogP contribution >= 0.6 is 11.6 Å². The van der Waals surface area contributed by atoms with Crippen molar-refractivity contribution in [1.82, 2.24) is 9.97 Å². The van der Waals surface area contributed by atoms with E-state index in [0.29, 0.717) is 5.82 Å². The first-order valence-electron chi connectivity index (χ1n) is 3.18. The Kier molecular flexibility index (Phi) is 2.82. The number of nitrogens with zero attached hydrogens (tertiary/aromatic N) is 2. The van der Waals surface area contributed by atoms with Crippen molar-refractivity contribution in [3.8, 4) is 0 Å². The SMILES string of the molecule is NC(=O)CNc1cncc(Cl)n1. The van der Waals surface area contributed by atoms with Gasteiger partial charge < -0.3 is 11.1 Å². The zero-order valence-corrected chi connectivity index (χ0v) is 6.88. The molecule has 0 aliphatic carbocycles. The van der Waals surface area contributed by atoms with Crippen LogP contribution in [0.4, 0.5) is 5.82 Å². The highest BCUT2D eigenvalue weighted by Crippen LogP contribution is 2.05. The lowest BCUT2D eigenvalue weighted by atomic mass is 10.5. The van der Waals surface area contributed by atoms with Crippen LogP contribution in [0.1, 0.15) is 0 Å². The summed E-state index contributed by atoms with van der Waals surface area (Å²) in [6.07, 6.45) is 2.85. The summed E-state index contributed by atoms with van der Waals surface area (Å²) in [5.74, 6) is -0.0296. The second-order valence-corrected chi connectivity index (χ2v) is 2.43. The fourth-order valence-electron chi connectivity index (χ4n) is 0.605. The first-order chi connectivity index (χ1) is 5.68. The molecule has 1 heterocycles. The van der Waals surface area contributed by atoms with Crippen molar-refractivity contribution in [2.45, 2.75) is 0 Å². The number of hydrogen-bond acceptors (Lipinski definition) is 4. The van der Waals surface area contributed by atoms with E-state index in [1.165, 1.54) is 12.4 Å². The monoisotopic (exact) mass is 186 g/mol. The van der Waals surface area contributed by atoms with Crippen LogP contribution in [0.5, 0.6) is 0 Å². The Morgan fingerprint density at radius 2 is 2.42 bits per heavy atom. The van der Waals surface area contributed by atoms with E-state index in [0.717, 1.165) is 0 Å². The predicted molar refractivity (Wildman–Crippen MR) is 44.7 cm³/mol. The largest absolute Gasteiger partial charge is 0.368 e. The zero-order valence-electron chi connectivity index (χ0n) is 6.12. The standard InChI is InChI=1S/C6H7ClN4O/c7-4-1-9-3-6(11-4)10-2-5(8)12/h1,3H,2H2,(H2,8,12)(H,10,11). The molecular weight excluding hydrogens is 180 g/mol. The number of primary amides is 1. The van der Waals surface area contributed by atoms with Gasteiger partial charge in [0.25, 0.3) is 0 Å². The minimum atomic E-state index is -0.461. The fourth-order valence-corrected chi connectivity index (χ4v) is 0.752.